The summed E-state index contributed by atoms with van der Waals surface area (Å²) < 4.78 is 19.5. The van der Waals surface area contributed by atoms with Crippen LogP contribution in [0, 0.1) is 5.82 Å². The van der Waals surface area contributed by atoms with E-state index in [0.717, 1.165) is 11.1 Å². The third-order valence-corrected chi connectivity index (χ3v) is 3.83. The summed E-state index contributed by atoms with van der Waals surface area (Å²) >= 11 is 0. The van der Waals surface area contributed by atoms with Gasteiger partial charge in [-0.25, -0.2) is 4.39 Å². The fraction of sp³-hybridized carbons (Fsp3) is 0.278. The molecule has 2 aromatic rings. The Morgan fingerprint density at radius 3 is 2.68 bits per heavy atom. The zero-order valence-electron chi connectivity index (χ0n) is 12.5. The molecule has 1 fully saturated rings. The van der Waals surface area contributed by atoms with Crippen LogP contribution in [0.1, 0.15) is 17.3 Å². The molecule has 3 rings (SSSR count). The molecule has 2 aromatic carbocycles. The monoisotopic (exact) mass is 299 g/mol. The molecule has 114 valence electrons. The van der Waals surface area contributed by atoms with Crippen LogP contribution in [0.4, 0.5) is 4.39 Å². The fourth-order valence-corrected chi connectivity index (χ4v) is 2.67. The Hall–Kier alpha value is -2.20. The van der Waals surface area contributed by atoms with Crippen LogP contribution in [0.3, 0.4) is 0 Å². The highest BCUT2D eigenvalue weighted by Crippen LogP contribution is 2.23. The standard InChI is InChI=1S/C18H18FNO2/c1-13-12-20(9-10-22-13)18(21)16-11-15(7-8-17(16)19)14-5-3-2-4-6-14/h2-8,11,13H,9-10,12H2,1H3. The number of carbonyl (C=O) groups is 1. The summed E-state index contributed by atoms with van der Waals surface area (Å²) in [5.41, 5.74) is 1.93. The van der Waals surface area contributed by atoms with E-state index >= 15 is 0 Å². The molecule has 0 N–H and O–H groups in total. The first-order valence-corrected chi connectivity index (χ1v) is 7.41. The van der Waals surface area contributed by atoms with Crippen molar-refractivity contribution in [3.8, 4) is 11.1 Å². The van der Waals surface area contributed by atoms with E-state index in [0.29, 0.717) is 19.7 Å². The van der Waals surface area contributed by atoms with Crippen LogP contribution < -0.4 is 0 Å². The van der Waals surface area contributed by atoms with E-state index in [2.05, 4.69) is 0 Å². The summed E-state index contributed by atoms with van der Waals surface area (Å²) in [7, 11) is 0. The Morgan fingerprint density at radius 1 is 1.18 bits per heavy atom. The number of benzene rings is 2. The molecule has 1 atom stereocenters. The highest BCUT2D eigenvalue weighted by atomic mass is 19.1. The summed E-state index contributed by atoms with van der Waals surface area (Å²) in [6.45, 7) is 3.40. The molecule has 1 saturated heterocycles. The molecule has 1 heterocycles. The zero-order valence-corrected chi connectivity index (χ0v) is 12.5. The van der Waals surface area contributed by atoms with E-state index in [1.807, 2.05) is 37.3 Å². The zero-order chi connectivity index (χ0) is 15.5. The van der Waals surface area contributed by atoms with E-state index in [1.165, 1.54) is 6.07 Å². The molecule has 0 spiro atoms. The van der Waals surface area contributed by atoms with Gasteiger partial charge in [0.15, 0.2) is 0 Å². The van der Waals surface area contributed by atoms with Gasteiger partial charge in [-0.1, -0.05) is 36.4 Å². The number of nitrogens with zero attached hydrogens (tertiary/aromatic N) is 1. The van der Waals surface area contributed by atoms with Crippen LogP contribution in [-0.4, -0.2) is 36.6 Å². The van der Waals surface area contributed by atoms with Crippen LogP contribution in [0.5, 0.6) is 0 Å². The smallest absolute Gasteiger partial charge is 0.257 e. The van der Waals surface area contributed by atoms with Gasteiger partial charge in [0.2, 0.25) is 0 Å². The van der Waals surface area contributed by atoms with Gasteiger partial charge in [-0.05, 0) is 30.2 Å². The SMILES string of the molecule is CC1CN(C(=O)c2cc(-c3ccccc3)ccc2F)CCO1. The first kappa shape index (κ1) is 14.7. The summed E-state index contributed by atoms with van der Waals surface area (Å²) in [4.78, 5) is 14.2. The molecule has 0 bridgehead atoms. The van der Waals surface area contributed by atoms with Crippen LogP contribution >= 0.6 is 0 Å². The third-order valence-electron chi connectivity index (χ3n) is 3.83. The van der Waals surface area contributed by atoms with Crippen molar-refractivity contribution in [1.82, 2.24) is 4.90 Å². The second kappa shape index (κ2) is 6.28. The first-order chi connectivity index (χ1) is 10.6. The van der Waals surface area contributed by atoms with Gasteiger partial charge in [-0.15, -0.1) is 0 Å². The van der Waals surface area contributed by atoms with Crippen LogP contribution in [0.25, 0.3) is 11.1 Å². The largest absolute Gasteiger partial charge is 0.375 e. The van der Waals surface area contributed by atoms with Crippen molar-refractivity contribution in [3.63, 3.8) is 0 Å². The molecule has 1 unspecified atom stereocenters. The highest BCUT2D eigenvalue weighted by Gasteiger charge is 2.24. The van der Waals surface area contributed by atoms with E-state index in [4.69, 9.17) is 4.74 Å². The molecule has 3 nitrogen and oxygen atoms in total. The molecule has 0 saturated carbocycles. The van der Waals surface area contributed by atoms with Gasteiger partial charge in [0, 0.05) is 13.1 Å². The van der Waals surface area contributed by atoms with E-state index in [9.17, 15) is 9.18 Å². The second-order valence-electron chi connectivity index (χ2n) is 5.49. The molecule has 1 aliphatic heterocycles. The summed E-state index contributed by atoms with van der Waals surface area (Å²) in [5, 5.41) is 0. The van der Waals surface area contributed by atoms with E-state index < -0.39 is 5.82 Å². The molecule has 0 radical (unpaired) electrons. The van der Waals surface area contributed by atoms with Crippen molar-refractivity contribution in [3.05, 3.63) is 59.9 Å². The van der Waals surface area contributed by atoms with E-state index in [-0.39, 0.29) is 17.6 Å². The molecule has 4 heteroatoms. The number of morpholine rings is 1. The first-order valence-electron chi connectivity index (χ1n) is 7.41. The maximum Gasteiger partial charge on any atom is 0.257 e. The lowest BCUT2D eigenvalue weighted by Gasteiger charge is -2.31. The molecule has 1 amide bonds. The summed E-state index contributed by atoms with van der Waals surface area (Å²) in [6.07, 6.45) is -0.0157. The lowest BCUT2D eigenvalue weighted by Crippen LogP contribution is -2.44. The Morgan fingerprint density at radius 2 is 1.95 bits per heavy atom. The normalized spacial score (nSPS) is 18.3. The topological polar surface area (TPSA) is 29.5 Å². The number of ether oxygens (including phenoxy) is 1. The lowest BCUT2D eigenvalue weighted by molar-refractivity contribution is -0.0125. The maximum absolute atomic E-state index is 14.1. The van der Waals surface area contributed by atoms with Gasteiger partial charge in [-0.2, -0.15) is 0 Å². The molecule has 22 heavy (non-hydrogen) atoms. The van der Waals surface area contributed by atoms with Gasteiger partial charge in [0.1, 0.15) is 5.82 Å². The minimum absolute atomic E-state index is 0.0157. The van der Waals surface area contributed by atoms with Gasteiger partial charge in [-0.3, -0.25) is 4.79 Å². The Bertz CT molecular complexity index is 672. The molecular weight excluding hydrogens is 281 g/mol. The summed E-state index contributed by atoms with van der Waals surface area (Å²) in [5.74, 6) is -0.755. The predicted molar refractivity (Wildman–Crippen MR) is 83.2 cm³/mol. The van der Waals surface area contributed by atoms with Crippen LogP contribution in [0.2, 0.25) is 0 Å². The number of hydrogen-bond acceptors (Lipinski definition) is 2. The van der Waals surface area contributed by atoms with Crippen molar-refractivity contribution in [1.29, 1.82) is 0 Å². The average Bonchev–Trinajstić information content (AvgIpc) is 2.55. The quantitative estimate of drug-likeness (QED) is 0.851. The number of hydrogen-bond donors (Lipinski definition) is 0. The summed E-state index contributed by atoms with van der Waals surface area (Å²) in [6, 6.07) is 14.3. The van der Waals surface area contributed by atoms with Crippen LogP contribution in [-0.2, 0) is 4.74 Å². The van der Waals surface area contributed by atoms with Gasteiger partial charge < -0.3 is 9.64 Å². The molecule has 1 aliphatic rings. The molecule has 0 aromatic heterocycles. The van der Waals surface area contributed by atoms with Crippen LogP contribution in [0.15, 0.2) is 48.5 Å². The molecular formula is C18H18FNO2. The van der Waals surface area contributed by atoms with Crippen molar-refractivity contribution in [2.45, 2.75) is 13.0 Å². The van der Waals surface area contributed by atoms with E-state index in [1.54, 1.807) is 17.0 Å². The van der Waals surface area contributed by atoms with Gasteiger partial charge in [0.05, 0.1) is 18.3 Å². The second-order valence-corrected chi connectivity index (χ2v) is 5.49. The third kappa shape index (κ3) is 3.02. The number of rotatable bonds is 2. The Labute approximate surface area is 129 Å². The van der Waals surface area contributed by atoms with Gasteiger partial charge >= 0.3 is 0 Å². The average molecular weight is 299 g/mol. The highest BCUT2D eigenvalue weighted by molar-refractivity contribution is 5.95. The lowest BCUT2D eigenvalue weighted by atomic mass is 10.0. The maximum atomic E-state index is 14.1. The predicted octanol–water partition coefficient (Wildman–Crippen LogP) is 3.35. The fourth-order valence-electron chi connectivity index (χ4n) is 2.67. The number of halogens is 1. The molecule has 0 aliphatic carbocycles. The Kier molecular flexibility index (Phi) is 4.20. The van der Waals surface area contributed by atoms with Crippen molar-refractivity contribution >= 4 is 5.91 Å². The van der Waals surface area contributed by atoms with Crippen molar-refractivity contribution in [2.24, 2.45) is 0 Å². The number of carbonyl (C=O) groups excluding carboxylic acids is 1. The van der Waals surface area contributed by atoms with Crippen molar-refractivity contribution in [2.75, 3.05) is 19.7 Å². The Balaban J connectivity index is 1.91. The minimum Gasteiger partial charge on any atom is -0.375 e. The van der Waals surface area contributed by atoms with Gasteiger partial charge in [0.25, 0.3) is 5.91 Å². The number of amides is 1. The minimum atomic E-state index is -0.483. The van der Waals surface area contributed by atoms with Crippen molar-refractivity contribution < 1.29 is 13.9 Å².